The summed E-state index contributed by atoms with van der Waals surface area (Å²) in [5.74, 6) is -0.317. The van der Waals surface area contributed by atoms with Crippen LogP contribution in [0.5, 0.6) is 0 Å². The summed E-state index contributed by atoms with van der Waals surface area (Å²) in [4.78, 5) is 9.02. The molecule has 0 fully saturated rings. The molecule has 1 atom stereocenters. The predicted molar refractivity (Wildman–Crippen MR) is 113 cm³/mol. The van der Waals surface area contributed by atoms with Gasteiger partial charge >= 0.3 is 0 Å². The summed E-state index contributed by atoms with van der Waals surface area (Å²) >= 11 is 0. The second-order valence-corrected chi connectivity index (χ2v) is 6.99. The molecule has 1 unspecified atom stereocenters. The predicted octanol–water partition coefficient (Wildman–Crippen LogP) is 5.73. The van der Waals surface area contributed by atoms with E-state index in [-0.39, 0.29) is 11.9 Å². The molecule has 28 heavy (non-hydrogen) atoms. The van der Waals surface area contributed by atoms with Crippen molar-refractivity contribution in [2.45, 2.75) is 38.7 Å². The van der Waals surface area contributed by atoms with Gasteiger partial charge in [-0.25, -0.2) is 9.37 Å². The third kappa shape index (κ3) is 5.11. The van der Waals surface area contributed by atoms with Gasteiger partial charge in [-0.3, -0.25) is 4.98 Å². The highest BCUT2D eigenvalue weighted by Gasteiger charge is 2.09. The fourth-order valence-corrected chi connectivity index (χ4v) is 3.07. The van der Waals surface area contributed by atoms with Crippen molar-refractivity contribution in [3.63, 3.8) is 0 Å². The van der Waals surface area contributed by atoms with Crippen LogP contribution < -0.4 is 0 Å². The lowest BCUT2D eigenvalue weighted by Gasteiger charge is -2.06. The van der Waals surface area contributed by atoms with Crippen molar-refractivity contribution in [2.24, 2.45) is 0 Å². The number of fused-ring (bicyclic) bond motifs is 1. The smallest absolute Gasteiger partial charge is 0.133 e. The van der Waals surface area contributed by atoms with Crippen molar-refractivity contribution in [1.29, 1.82) is 0 Å². The summed E-state index contributed by atoms with van der Waals surface area (Å²) in [5.41, 5.74) is 4.43. The van der Waals surface area contributed by atoms with E-state index in [0.717, 1.165) is 47.8 Å². The van der Waals surface area contributed by atoms with Crippen LogP contribution in [0.3, 0.4) is 0 Å². The van der Waals surface area contributed by atoms with Gasteiger partial charge in [0.1, 0.15) is 5.82 Å². The van der Waals surface area contributed by atoms with Gasteiger partial charge in [-0.2, -0.15) is 0 Å². The molecule has 1 aromatic heterocycles. The topological polar surface area (TPSA) is 46.0 Å². The van der Waals surface area contributed by atoms with Gasteiger partial charge in [0, 0.05) is 5.56 Å². The largest absolute Gasteiger partial charge is 0.393 e. The zero-order valence-electron chi connectivity index (χ0n) is 16.1. The first-order valence-electron chi connectivity index (χ1n) is 9.58. The number of benzene rings is 2. The molecule has 144 valence electrons. The van der Waals surface area contributed by atoms with Crippen LogP contribution in [0, 0.1) is 5.82 Å². The maximum Gasteiger partial charge on any atom is 0.133 e. The fraction of sp³-hybridized carbons (Fsp3) is 0.250. The third-order valence-corrected chi connectivity index (χ3v) is 4.56. The van der Waals surface area contributed by atoms with Crippen molar-refractivity contribution in [3.8, 4) is 11.3 Å². The maximum absolute atomic E-state index is 14.6. The Labute approximate surface area is 165 Å². The summed E-state index contributed by atoms with van der Waals surface area (Å²) < 4.78 is 14.6. The Morgan fingerprint density at radius 3 is 2.79 bits per heavy atom. The van der Waals surface area contributed by atoms with Gasteiger partial charge in [0.2, 0.25) is 0 Å². The molecular weight excluding hydrogens is 351 g/mol. The second kappa shape index (κ2) is 9.38. The Balaban J connectivity index is 1.77. The number of nitrogens with zero attached hydrogens (tertiary/aromatic N) is 2. The minimum Gasteiger partial charge on any atom is -0.393 e. The van der Waals surface area contributed by atoms with Crippen LogP contribution in [0.2, 0.25) is 0 Å². The molecule has 1 N–H and O–H groups in total. The van der Waals surface area contributed by atoms with E-state index < -0.39 is 0 Å². The second-order valence-electron chi connectivity index (χ2n) is 6.99. The van der Waals surface area contributed by atoms with E-state index in [1.165, 1.54) is 6.07 Å². The van der Waals surface area contributed by atoms with Gasteiger partial charge < -0.3 is 5.11 Å². The van der Waals surface area contributed by atoms with Crippen molar-refractivity contribution < 1.29 is 9.50 Å². The molecule has 0 saturated heterocycles. The van der Waals surface area contributed by atoms with Crippen LogP contribution in [-0.2, 0) is 6.42 Å². The van der Waals surface area contributed by atoms with Crippen LogP contribution in [0.4, 0.5) is 4.39 Å². The Morgan fingerprint density at radius 2 is 2.04 bits per heavy atom. The van der Waals surface area contributed by atoms with E-state index in [1.807, 2.05) is 42.5 Å². The minimum absolute atomic E-state index is 0.276. The fourth-order valence-electron chi connectivity index (χ4n) is 3.07. The number of unbranched alkanes of at least 4 members (excludes halogenated alkanes) is 1. The number of rotatable bonds is 8. The van der Waals surface area contributed by atoms with Crippen molar-refractivity contribution in [1.82, 2.24) is 9.97 Å². The summed E-state index contributed by atoms with van der Waals surface area (Å²) in [6.07, 6.45) is 10.4. The number of aromatic nitrogens is 2. The Kier molecular flexibility index (Phi) is 6.66. The highest BCUT2D eigenvalue weighted by Crippen LogP contribution is 2.24. The first-order valence-corrected chi connectivity index (χ1v) is 9.58. The van der Waals surface area contributed by atoms with Gasteiger partial charge in [-0.05, 0) is 68.0 Å². The standard InChI is InChI=1S/C24H25FN2O/c1-3-7-18-11-13-22-23(15-18)26-16-24(27-22)20-12-10-19(14-21(20)25)9-6-4-5-8-17(2)28/h3,6,9-17,28H,1,4-5,7-8H2,2H3/b9-6+. The van der Waals surface area contributed by atoms with E-state index in [4.69, 9.17) is 0 Å². The Bertz CT molecular complexity index is 995. The number of aliphatic hydroxyl groups is 1. The normalized spacial score (nSPS) is 12.5. The molecule has 3 rings (SSSR count). The summed E-state index contributed by atoms with van der Waals surface area (Å²) in [7, 11) is 0. The molecule has 0 saturated carbocycles. The number of allylic oxidation sites excluding steroid dienone is 2. The zero-order chi connectivity index (χ0) is 19.9. The van der Waals surface area contributed by atoms with Gasteiger partial charge in [-0.15, -0.1) is 6.58 Å². The van der Waals surface area contributed by atoms with Crippen molar-refractivity contribution in [3.05, 3.63) is 78.3 Å². The molecule has 1 heterocycles. The SMILES string of the molecule is C=CCc1ccc2nc(-c3ccc(/C=C/CCCC(C)O)cc3F)cnc2c1. The van der Waals surface area contributed by atoms with E-state index in [1.54, 1.807) is 19.2 Å². The molecule has 2 aromatic carbocycles. The summed E-state index contributed by atoms with van der Waals surface area (Å²) in [6, 6.07) is 11.0. The van der Waals surface area contributed by atoms with Crippen molar-refractivity contribution >= 4 is 17.1 Å². The molecule has 0 aliphatic heterocycles. The maximum atomic E-state index is 14.6. The van der Waals surface area contributed by atoms with E-state index in [0.29, 0.717) is 11.3 Å². The highest BCUT2D eigenvalue weighted by atomic mass is 19.1. The van der Waals surface area contributed by atoms with Gasteiger partial charge in [0.25, 0.3) is 0 Å². The third-order valence-electron chi connectivity index (χ3n) is 4.56. The van der Waals surface area contributed by atoms with Gasteiger partial charge in [0.05, 0.1) is 29.0 Å². The number of hydrogen-bond acceptors (Lipinski definition) is 3. The Hall–Kier alpha value is -2.85. The average Bonchev–Trinajstić information content (AvgIpc) is 2.67. The van der Waals surface area contributed by atoms with Gasteiger partial charge in [0.15, 0.2) is 0 Å². The number of aliphatic hydroxyl groups excluding tert-OH is 1. The lowest BCUT2D eigenvalue weighted by atomic mass is 10.1. The quantitative estimate of drug-likeness (QED) is 0.403. The molecule has 0 aliphatic carbocycles. The molecule has 0 bridgehead atoms. The van der Waals surface area contributed by atoms with E-state index in [2.05, 4.69) is 16.5 Å². The van der Waals surface area contributed by atoms with Crippen LogP contribution >= 0.6 is 0 Å². The van der Waals surface area contributed by atoms with Crippen LogP contribution in [-0.4, -0.2) is 21.2 Å². The zero-order valence-corrected chi connectivity index (χ0v) is 16.1. The van der Waals surface area contributed by atoms with E-state index in [9.17, 15) is 9.50 Å². The van der Waals surface area contributed by atoms with Crippen LogP contribution in [0.1, 0.15) is 37.3 Å². The monoisotopic (exact) mass is 376 g/mol. The lowest BCUT2D eigenvalue weighted by molar-refractivity contribution is 0.182. The lowest BCUT2D eigenvalue weighted by Crippen LogP contribution is -1.97. The molecule has 0 radical (unpaired) electrons. The summed E-state index contributed by atoms with van der Waals surface area (Å²) in [5, 5.41) is 9.26. The number of halogens is 1. The first-order chi connectivity index (χ1) is 13.6. The molecule has 0 aliphatic rings. The number of hydrogen-bond donors (Lipinski definition) is 1. The van der Waals surface area contributed by atoms with Crippen molar-refractivity contribution in [2.75, 3.05) is 0 Å². The molecule has 3 aromatic rings. The average molecular weight is 376 g/mol. The molecule has 0 amide bonds. The van der Waals surface area contributed by atoms with Crippen LogP contribution in [0.25, 0.3) is 28.4 Å². The Morgan fingerprint density at radius 1 is 1.18 bits per heavy atom. The van der Waals surface area contributed by atoms with Crippen LogP contribution in [0.15, 0.2) is 61.3 Å². The molecule has 0 spiro atoms. The molecule has 3 nitrogen and oxygen atoms in total. The molecular formula is C24H25FN2O. The highest BCUT2D eigenvalue weighted by molar-refractivity contribution is 5.78. The minimum atomic E-state index is -0.317. The first kappa shape index (κ1) is 19.9. The van der Waals surface area contributed by atoms with Gasteiger partial charge in [-0.1, -0.05) is 30.4 Å². The summed E-state index contributed by atoms with van der Waals surface area (Å²) in [6.45, 7) is 5.53. The van der Waals surface area contributed by atoms with E-state index >= 15 is 0 Å². The molecule has 4 heteroatoms.